The molecule has 0 atom stereocenters. The predicted molar refractivity (Wildman–Crippen MR) is 109 cm³/mol. The van der Waals surface area contributed by atoms with E-state index in [0.29, 0.717) is 23.5 Å². The second-order valence-electron chi connectivity index (χ2n) is 5.79. The molecule has 0 aliphatic heterocycles. The maximum Gasteiger partial charge on any atom is 0.336 e. The standard InChI is InChI=1S/C21H21NO4S/c1-2-3-4-19(23)25-17-10-5-15(6-11-17)7-14-20(24)26-18-12-8-16(9-13-18)21(22)27/h5-14H,2-4H2,1H3,(H2,22,27)/b14-7+. The minimum absolute atomic E-state index is 0.245. The van der Waals surface area contributed by atoms with Crippen LogP contribution in [0.25, 0.3) is 6.08 Å². The monoisotopic (exact) mass is 383 g/mol. The Bertz CT molecular complexity index is 826. The molecular formula is C21H21NO4S. The lowest BCUT2D eigenvalue weighted by molar-refractivity contribution is -0.134. The number of hydrogen-bond donors (Lipinski definition) is 1. The predicted octanol–water partition coefficient (Wildman–Crippen LogP) is 4.04. The van der Waals surface area contributed by atoms with E-state index in [0.717, 1.165) is 18.4 Å². The highest BCUT2D eigenvalue weighted by Gasteiger charge is 2.04. The molecule has 2 rings (SSSR count). The molecule has 2 N–H and O–H groups in total. The molecule has 0 saturated carbocycles. The molecule has 0 spiro atoms. The Kier molecular flexibility index (Phi) is 7.70. The SMILES string of the molecule is CCCCC(=O)Oc1ccc(/C=C/C(=O)Oc2ccc(C(N)=S)cc2)cc1. The number of unbranched alkanes of at least 4 members (excludes halogenated alkanes) is 1. The molecule has 0 aliphatic carbocycles. The molecule has 2 aromatic rings. The molecule has 140 valence electrons. The molecule has 2 aromatic carbocycles. The Morgan fingerprint density at radius 3 is 2.19 bits per heavy atom. The van der Waals surface area contributed by atoms with Crippen LogP contribution in [-0.4, -0.2) is 16.9 Å². The first kappa shape index (κ1) is 20.3. The van der Waals surface area contributed by atoms with Gasteiger partial charge in [-0.1, -0.05) is 37.7 Å². The Balaban J connectivity index is 1.88. The molecule has 27 heavy (non-hydrogen) atoms. The number of carbonyl (C=O) groups excluding carboxylic acids is 2. The first-order valence-corrected chi connectivity index (χ1v) is 8.99. The first-order chi connectivity index (χ1) is 13.0. The molecule has 0 amide bonds. The van der Waals surface area contributed by atoms with Crippen molar-refractivity contribution in [1.82, 2.24) is 0 Å². The molecule has 0 heterocycles. The summed E-state index contributed by atoms with van der Waals surface area (Å²) in [6.45, 7) is 2.02. The van der Waals surface area contributed by atoms with Gasteiger partial charge in [-0.05, 0) is 54.5 Å². The van der Waals surface area contributed by atoms with E-state index in [-0.39, 0.29) is 11.0 Å². The van der Waals surface area contributed by atoms with Gasteiger partial charge in [0.1, 0.15) is 16.5 Å². The van der Waals surface area contributed by atoms with Crippen LogP contribution in [0, 0.1) is 0 Å². The van der Waals surface area contributed by atoms with Crippen molar-refractivity contribution >= 4 is 35.2 Å². The summed E-state index contributed by atoms with van der Waals surface area (Å²) in [6.07, 6.45) is 5.10. The number of ether oxygens (including phenoxy) is 2. The Hall–Kier alpha value is -2.99. The Labute approximate surface area is 163 Å². The highest BCUT2D eigenvalue weighted by atomic mass is 32.1. The van der Waals surface area contributed by atoms with Gasteiger partial charge in [0.05, 0.1) is 0 Å². The molecule has 0 unspecified atom stereocenters. The van der Waals surface area contributed by atoms with E-state index in [4.69, 9.17) is 27.4 Å². The lowest BCUT2D eigenvalue weighted by atomic mass is 10.2. The van der Waals surface area contributed by atoms with E-state index < -0.39 is 5.97 Å². The van der Waals surface area contributed by atoms with Gasteiger partial charge >= 0.3 is 11.9 Å². The number of nitrogens with two attached hydrogens (primary N) is 1. The Morgan fingerprint density at radius 1 is 1.00 bits per heavy atom. The number of benzene rings is 2. The number of esters is 2. The summed E-state index contributed by atoms with van der Waals surface area (Å²) < 4.78 is 10.4. The second kappa shape index (κ2) is 10.2. The summed E-state index contributed by atoms with van der Waals surface area (Å²) in [5.74, 6) is 0.131. The van der Waals surface area contributed by atoms with Gasteiger partial charge in [-0.3, -0.25) is 4.79 Å². The maximum atomic E-state index is 11.9. The van der Waals surface area contributed by atoms with Crippen LogP contribution < -0.4 is 15.2 Å². The normalized spacial score (nSPS) is 10.6. The van der Waals surface area contributed by atoms with E-state index in [9.17, 15) is 9.59 Å². The minimum Gasteiger partial charge on any atom is -0.427 e. The Morgan fingerprint density at radius 2 is 1.59 bits per heavy atom. The molecular weight excluding hydrogens is 362 g/mol. The molecule has 6 heteroatoms. The maximum absolute atomic E-state index is 11.9. The average molecular weight is 383 g/mol. The van der Waals surface area contributed by atoms with Crippen molar-refractivity contribution in [2.75, 3.05) is 0 Å². The topological polar surface area (TPSA) is 78.6 Å². The highest BCUT2D eigenvalue weighted by molar-refractivity contribution is 7.80. The van der Waals surface area contributed by atoms with Crippen LogP contribution in [-0.2, 0) is 9.59 Å². The number of hydrogen-bond acceptors (Lipinski definition) is 5. The number of thiocarbonyl (C=S) groups is 1. The highest BCUT2D eigenvalue weighted by Crippen LogP contribution is 2.15. The summed E-state index contributed by atoms with van der Waals surface area (Å²) in [6, 6.07) is 13.5. The van der Waals surface area contributed by atoms with Gasteiger partial charge in [0.15, 0.2) is 0 Å². The van der Waals surface area contributed by atoms with Crippen LogP contribution in [0.3, 0.4) is 0 Å². The second-order valence-corrected chi connectivity index (χ2v) is 6.23. The quantitative estimate of drug-likeness (QED) is 0.321. The van der Waals surface area contributed by atoms with Gasteiger partial charge in [0, 0.05) is 18.1 Å². The van der Waals surface area contributed by atoms with Gasteiger partial charge in [0.25, 0.3) is 0 Å². The fourth-order valence-corrected chi connectivity index (χ4v) is 2.29. The molecule has 0 radical (unpaired) electrons. The van der Waals surface area contributed by atoms with Gasteiger partial charge in [0.2, 0.25) is 0 Å². The number of rotatable bonds is 8. The number of carbonyl (C=O) groups is 2. The van der Waals surface area contributed by atoms with Gasteiger partial charge in [-0.25, -0.2) is 4.79 Å². The van der Waals surface area contributed by atoms with Crippen LogP contribution in [0.4, 0.5) is 0 Å². The van der Waals surface area contributed by atoms with Gasteiger partial charge in [-0.2, -0.15) is 0 Å². The van der Waals surface area contributed by atoms with E-state index in [1.54, 1.807) is 54.6 Å². The van der Waals surface area contributed by atoms with Crippen molar-refractivity contribution < 1.29 is 19.1 Å². The summed E-state index contributed by atoms with van der Waals surface area (Å²) in [5.41, 5.74) is 7.01. The fraction of sp³-hybridized carbons (Fsp3) is 0.190. The molecule has 0 fully saturated rings. The van der Waals surface area contributed by atoms with Crippen molar-refractivity contribution in [3.8, 4) is 11.5 Å². The largest absolute Gasteiger partial charge is 0.427 e. The third-order valence-electron chi connectivity index (χ3n) is 3.62. The summed E-state index contributed by atoms with van der Waals surface area (Å²) in [7, 11) is 0. The zero-order valence-electron chi connectivity index (χ0n) is 15.0. The molecule has 0 bridgehead atoms. The van der Waals surface area contributed by atoms with Crippen molar-refractivity contribution in [1.29, 1.82) is 0 Å². The van der Waals surface area contributed by atoms with E-state index in [1.807, 2.05) is 6.92 Å². The summed E-state index contributed by atoms with van der Waals surface area (Å²) in [4.78, 5) is 23.8. The smallest absolute Gasteiger partial charge is 0.336 e. The zero-order valence-corrected chi connectivity index (χ0v) is 15.8. The molecule has 0 aromatic heterocycles. The van der Waals surface area contributed by atoms with Crippen molar-refractivity contribution in [3.05, 3.63) is 65.7 Å². The van der Waals surface area contributed by atoms with E-state index in [2.05, 4.69) is 0 Å². The third-order valence-corrected chi connectivity index (χ3v) is 3.85. The molecule has 0 saturated heterocycles. The van der Waals surface area contributed by atoms with Crippen LogP contribution in [0.2, 0.25) is 0 Å². The fourth-order valence-electron chi connectivity index (χ4n) is 2.15. The average Bonchev–Trinajstić information content (AvgIpc) is 2.66. The van der Waals surface area contributed by atoms with Gasteiger partial charge < -0.3 is 15.2 Å². The third kappa shape index (κ3) is 7.03. The summed E-state index contributed by atoms with van der Waals surface area (Å²) >= 11 is 4.87. The molecule has 0 aliphatic rings. The van der Waals surface area contributed by atoms with Gasteiger partial charge in [-0.15, -0.1) is 0 Å². The zero-order chi connectivity index (χ0) is 19.6. The van der Waals surface area contributed by atoms with Crippen molar-refractivity contribution in [3.63, 3.8) is 0 Å². The van der Waals surface area contributed by atoms with Crippen molar-refractivity contribution in [2.24, 2.45) is 5.73 Å². The van der Waals surface area contributed by atoms with Crippen LogP contribution in [0.15, 0.2) is 54.6 Å². The van der Waals surface area contributed by atoms with Crippen LogP contribution in [0.5, 0.6) is 11.5 Å². The van der Waals surface area contributed by atoms with Crippen LogP contribution in [0.1, 0.15) is 37.3 Å². The van der Waals surface area contributed by atoms with Crippen molar-refractivity contribution in [2.45, 2.75) is 26.2 Å². The minimum atomic E-state index is -0.506. The lowest BCUT2D eigenvalue weighted by Crippen LogP contribution is -2.09. The first-order valence-electron chi connectivity index (χ1n) is 8.58. The van der Waals surface area contributed by atoms with Crippen LogP contribution >= 0.6 is 12.2 Å². The molecule has 5 nitrogen and oxygen atoms in total. The summed E-state index contributed by atoms with van der Waals surface area (Å²) in [5, 5.41) is 0. The van der Waals surface area contributed by atoms with E-state index >= 15 is 0 Å². The lowest BCUT2D eigenvalue weighted by Gasteiger charge is -2.04. The van der Waals surface area contributed by atoms with E-state index in [1.165, 1.54) is 6.08 Å².